The number of rotatable bonds is 7. The highest BCUT2D eigenvalue weighted by Gasteiger charge is 2.51. The van der Waals surface area contributed by atoms with Crippen LogP contribution in [0.5, 0.6) is 0 Å². The standard InChI is InChI=1S/C35H58O9/c1-19(2)32-24(7)27(36)18-35(40,44-32)26(9)31(38)25(8)33-28(41-10)14-12-13-20(3)15-22(5)30(37)23(6)16-21(4)17-29(42-11)34(39)43-33/h12-14,16-17,19,22-28,30-33,36-38,40H,15,18H2,1-11H3/b14-12-,20-13+,21-16+,29-17+/t22-,23+,24-,25-,26-,27+,28?,30-,31+,32+,33+,35+/m0/s1. The van der Waals surface area contributed by atoms with Crippen LogP contribution in [0, 0.1) is 35.5 Å². The van der Waals surface area contributed by atoms with E-state index in [1.807, 2.05) is 66.7 Å². The van der Waals surface area contributed by atoms with Crippen LogP contribution in [0.25, 0.3) is 0 Å². The highest BCUT2D eigenvalue weighted by atomic mass is 16.6. The molecule has 0 aromatic rings. The molecule has 44 heavy (non-hydrogen) atoms. The summed E-state index contributed by atoms with van der Waals surface area (Å²) < 4.78 is 23.4. The molecule has 0 amide bonds. The molecule has 0 aliphatic carbocycles. The third-order valence-electron chi connectivity index (χ3n) is 9.50. The Balaban J connectivity index is 2.52. The molecule has 0 radical (unpaired) electrons. The molecular weight excluding hydrogens is 564 g/mol. The van der Waals surface area contributed by atoms with Gasteiger partial charge in [-0.25, -0.2) is 4.79 Å². The summed E-state index contributed by atoms with van der Waals surface area (Å²) in [5, 5.41) is 45.0. The van der Waals surface area contributed by atoms with E-state index in [0.29, 0.717) is 6.42 Å². The molecule has 1 fully saturated rings. The summed E-state index contributed by atoms with van der Waals surface area (Å²) in [6, 6.07) is 0. The normalized spacial score (nSPS) is 41.2. The summed E-state index contributed by atoms with van der Waals surface area (Å²) in [5.74, 6) is -4.49. The van der Waals surface area contributed by atoms with Crippen molar-refractivity contribution in [3.8, 4) is 0 Å². The minimum atomic E-state index is -1.80. The first kappa shape index (κ1) is 38.2. The second kappa shape index (κ2) is 16.5. The van der Waals surface area contributed by atoms with Gasteiger partial charge in [0, 0.05) is 37.2 Å². The number of esters is 1. The van der Waals surface area contributed by atoms with E-state index in [1.165, 1.54) is 14.2 Å². The summed E-state index contributed by atoms with van der Waals surface area (Å²) >= 11 is 0. The number of ether oxygens (including phenoxy) is 4. The van der Waals surface area contributed by atoms with Crippen molar-refractivity contribution < 1.29 is 44.2 Å². The zero-order valence-corrected chi connectivity index (χ0v) is 28.6. The molecule has 0 saturated carbocycles. The number of carbonyl (C=O) groups excluding carboxylic acids is 1. The molecule has 1 saturated heterocycles. The lowest BCUT2D eigenvalue weighted by Crippen LogP contribution is -2.59. The highest BCUT2D eigenvalue weighted by Crippen LogP contribution is 2.41. The molecule has 0 aromatic heterocycles. The molecular formula is C35H58O9. The maximum Gasteiger partial charge on any atom is 0.373 e. The number of hydrogen-bond donors (Lipinski definition) is 4. The number of aliphatic hydroxyl groups excluding tert-OH is 3. The second-order valence-electron chi connectivity index (χ2n) is 13.6. The van der Waals surface area contributed by atoms with Gasteiger partial charge in [-0.05, 0) is 38.2 Å². The molecule has 9 heteroatoms. The van der Waals surface area contributed by atoms with E-state index in [4.69, 9.17) is 18.9 Å². The lowest BCUT2D eigenvalue weighted by atomic mass is 9.76. The van der Waals surface area contributed by atoms with Crippen LogP contribution in [0.3, 0.4) is 0 Å². The van der Waals surface area contributed by atoms with Crippen LogP contribution in [0.1, 0.15) is 75.2 Å². The van der Waals surface area contributed by atoms with Crippen LogP contribution in [-0.4, -0.2) is 83.0 Å². The number of aliphatic hydroxyl groups is 4. The summed E-state index contributed by atoms with van der Waals surface area (Å²) in [7, 11) is 2.87. The van der Waals surface area contributed by atoms with Crippen molar-refractivity contribution in [3.63, 3.8) is 0 Å². The van der Waals surface area contributed by atoms with Crippen LogP contribution in [-0.2, 0) is 23.7 Å². The van der Waals surface area contributed by atoms with Gasteiger partial charge in [0.15, 0.2) is 5.79 Å². The van der Waals surface area contributed by atoms with Crippen molar-refractivity contribution in [2.24, 2.45) is 35.5 Å². The topological polar surface area (TPSA) is 135 Å². The molecule has 0 spiro atoms. The Labute approximate surface area is 264 Å². The lowest BCUT2D eigenvalue weighted by Gasteiger charge is -2.49. The molecule has 9 nitrogen and oxygen atoms in total. The summed E-state index contributed by atoms with van der Waals surface area (Å²) in [6.45, 7) is 17.0. The third-order valence-corrected chi connectivity index (χ3v) is 9.50. The van der Waals surface area contributed by atoms with Crippen LogP contribution in [0.15, 0.2) is 47.3 Å². The first-order valence-corrected chi connectivity index (χ1v) is 15.9. The molecule has 2 rings (SSSR count). The van der Waals surface area contributed by atoms with Crippen molar-refractivity contribution in [1.82, 2.24) is 0 Å². The second-order valence-corrected chi connectivity index (χ2v) is 13.6. The summed E-state index contributed by atoms with van der Waals surface area (Å²) in [5.41, 5.74) is 1.78. The summed E-state index contributed by atoms with van der Waals surface area (Å²) in [4.78, 5) is 13.5. The molecule has 0 aromatic carbocycles. The quantitative estimate of drug-likeness (QED) is 0.298. The van der Waals surface area contributed by atoms with Crippen LogP contribution >= 0.6 is 0 Å². The van der Waals surface area contributed by atoms with Gasteiger partial charge < -0.3 is 39.4 Å². The van der Waals surface area contributed by atoms with Crippen LogP contribution < -0.4 is 0 Å². The van der Waals surface area contributed by atoms with E-state index in [1.54, 1.807) is 26.0 Å². The fourth-order valence-electron chi connectivity index (χ4n) is 6.54. The lowest BCUT2D eigenvalue weighted by molar-refractivity contribution is -0.328. The van der Waals surface area contributed by atoms with Gasteiger partial charge in [-0.15, -0.1) is 0 Å². The van der Waals surface area contributed by atoms with Gasteiger partial charge in [0.1, 0.15) is 12.2 Å². The van der Waals surface area contributed by atoms with Gasteiger partial charge in [-0.3, -0.25) is 0 Å². The Morgan fingerprint density at radius 1 is 1.05 bits per heavy atom. The number of allylic oxidation sites excluding steroid dienone is 5. The molecule has 0 bridgehead atoms. The van der Waals surface area contributed by atoms with Gasteiger partial charge in [-0.1, -0.05) is 83.9 Å². The maximum atomic E-state index is 13.5. The predicted molar refractivity (Wildman–Crippen MR) is 170 cm³/mol. The minimum Gasteiger partial charge on any atom is -0.490 e. The molecule has 252 valence electrons. The van der Waals surface area contributed by atoms with E-state index >= 15 is 0 Å². The van der Waals surface area contributed by atoms with Crippen molar-refractivity contribution in [3.05, 3.63) is 47.3 Å². The zero-order valence-electron chi connectivity index (χ0n) is 28.6. The van der Waals surface area contributed by atoms with Crippen molar-refractivity contribution in [2.75, 3.05) is 14.2 Å². The average molecular weight is 623 g/mol. The number of methoxy groups -OCH3 is 2. The Bertz CT molecular complexity index is 1060. The van der Waals surface area contributed by atoms with Crippen LogP contribution in [0.2, 0.25) is 0 Å². The Morgan fingerprint density at radius 2 is 1.68 bits per heavy atom. The molecule has 2 heterocycles. The van der Waals surface area contributed by atoms with E-state index in [-0.39, 0.29) is 35.9 Å². The van der Waals surface area contributed by atoms with Gasteiger partial charge in [0.05, 0.1) is 31.5 Å². The molecule has 4 N–H and O–H groups in total. The predicted octanol–water partition coefficient (Wildman–Crippen LogP) is 4.69. The molecule has 2 aliphatic heterocycles. The van der Waals surface area contributed by atoms with Gasteiger partial charge >= 0.3 is 5.97 Å². The van der Waals surface area contributed by atoms with Crippen molar-refractivity contribution in [2.45, 2.75) is 118 Å². The van der Waals surface area contributed by atoms with Gasteiger partial charge in [0.2, 0.25) is 5.76 Å². The van der Waals surface area contributed by atoms with E-state index in [2.05, 4.69) is 0 Å². The van der Waals surface area contributed by atoms with Crippen LogP contribution in [0.4, 0.5) is 0 Å². The maximum absolute atomic E-state index is 13.5. The molecule has 12 atom stereocenters. The van der Waals surface area contributed by atoms with E-state index in [9.17, 15) is 25.2 Å². The SMILES string of the molecule is CO/C1=C/C(C)=C/[C@@H](C)[C@@H](O)[C@@H](C)C/C(C)=C/C=C\C(OC)[C@@H]([C@@H](C)[C@@H](O)[C@H](C)[C@@]2(O)C[C@@H](O)[C@H](C)[C@@H](C(C)C)O2)OC1=O. The number of cyclic esters (lactones) is 1. The van der Waals surface area contributed by atoms with Crippen molar-refractivity contribution >= 4 is 5.97 Å². The fourth-order valence-corrected chi connectivity index (χ4v) is 6.54. The highest BCUT2D eigenvalue weighted by molar-refractivity contribution is 5.87. The smallest absolute Gasteiger partial charge is 0.373 e. The Hall–Kier alpha value is -2.01. The van der Waals surface area contributed by atoms with Gasteiger partial charge in [-0.2, -0.15) is 0 Å². The molecule has 2 aliphatic rings. The monoisotopic (exact) mass is 622 g/mol. The number of carbonyl (C=O) groups is 1. The van der Waals surface area contributed by atoms with Crippen molar-refractivity contribution in [1.29, 1.82) is 0 Å². The minimum absolute atomic E-state index is 0.00492. The third kappa shape index (κ3) is 9.50. The van der Waals surface area contributed by atoms with E-state index < -0.39 is 60.2 Å². The number of hydrogen-bond acceptors (Lipinski definition) is 9. The van der Waals surface area contributed by atoms with Gasteiger partial charge in [0.25, 0.3) is 0 Å². The first-order chi connectivity index (χ1) is 20.5. The summed E-state index contributed by atoms with van der Waals surface area (Å²) in [6.07, 6.45) is 4.85. The fraction of sp³-hybridized carbons (Fsp3) is 0.743. The average Bonchev–Trinajstić information content (AvgIpc) is 2.96. The van der Waals surface area contributed by atoms with E-state index in [0.717, 1.165) is 11.1 Å². The first-order valence-electron chi connectivity index (χ1n) is 15.9. The molecule has 1 unspecified atom stereocenters. The Kier molecular flexibility index (Phi) is 14.3. The largest absolute Gasteiger partial charge is 0.490 e. The Morgan fingerprint density at radius 3 is 2.25 bits per heavy atom. The zero-order chi connectivity index (χ0) is 33.5.